The van der Waals surface area contributed by atoms with Crippen LogP contribution in [0.4, 0.5) is 13.2 Å². The first-order valence-corrected chi connectivity index (χ1v) is 7.32. The standard InChI is InChI=1S/C15H19F3N2O3/c16-15(17,18)11-1-3-13(4-2-11)23-8-6-19-14(22)10-20-7-5-12(21)9-20/h1-4,12,21H,5-10H2,(H,19,22)/t12-/m0/s1. The van der Waals surface area contributed by atoms with Crippen LogP contribution in [-0.4, -0.2) is 54.8 Å². The molecule has 8 heteroatoms. The van der Waals surface area contributed by atoms with E-state index in [1.54, 1.807) is 0 Å². The Bertz CT molecular complexity index is 520. The zero-order chi connectivity index (χ0) is 16.9. The summed E-state index contributed by atoms with van der Waals surface area (Å²) in [5.41, 5.74) is -0.731. The predicted molar refractivity (Wildman–Crippen MR) is 77.0 cm³/mol. The van der Waals surface area contributed by atoms with Crippen molar-refractivity contribution < 1.29 is 27.8 Å². The highest BCUT2D eigenvalue weighted by Crippen LogP contribution is 2.30. The fraction of sp³-hybridized carbons (Fsp3) is 0.533. The number of alkyl halides is 3. The molecule has 0 aromatic heterocycles. The van der Waals surface area contributed by atoms with Gasteiger partial charge in [0.2, 0.25) is 5.91 Å². The zero-order valence-corrected chi connectivity index (χ0v) is 12.5. The number of benzene rings is 1. The maximum Gasteiger partial charge on any atom is 0.416 e. The minimum Gasteiger partial charge on any atom is -0.492 e. The van der Waals surface area contributed by atoms with E-state index in [2.05, 4.69) is 5.32 Å². The number of ether oxygens (including phenoxy) is 1. The van der Waals surface area contributed by atoms with Gasteiger partial charge in [0.25, 0.3) is 0 Å². The van der Waals surface area contributed by atoms with E-state index < -0.39 is 11.7 Å². The van der Waals surface area contributed by atoms with Gasteiger partial charge in [-0.2, -0.15) is 13.2 Å². The normalized spacial score (nSPS) is 18.9. The third-order valence-corrected chi connectivity index (χ3v) is 3.49. The molecule has 1 amide bonds. The van der Waals surface area contributed by atoms with Crippen LogP contribution >= 0.6 is 0 Å². The van der Waals surface area contributed by atoms with E-state index in [-0.39, 0.29) is 31.7 Å². The van der Waals surface area contributed by atoms with E-state index in [0.29, 0.717) is 25.3 Å². The van der Waals surface area contributed by atoms with Gasteiger partial charge in [0.1, 0.15) is 12.4 Å². The zero-order valence-electron chi connectivity index (χ0n) is 12.5. The van der Waals surface area contributed by atoms with Crippen LogP contribution in [0.2, 0.25) is 0 Å². The van der Waals surface area contributed by atoms with Gasteiger partial charge in [-0.1, -0.05) is 0 Å². The fourth-order valence-corrected chi connectivity index (χ4v) is 2.31. The van der Waals surface area contributed by atoms with E-state index in [1.165, 1.54) is 12.1 Å². The Morgan fingerprint density at radius 2 is 2.04 bits per heavy atom. The van der Waals surface area contributed by atoms with Crippen molar-refractivity contribution in [2.24, 2.45) is 0 Å². The largest absolute Gasteiger partial charge is 0.492 e. The molecule has 2 rings (SSSR count). The summed E-state index contributed by atoms with van der Waals surface area (Å²) < 4.78 is 42.5. The maximum absolute atomic E-state index is 12.4. The van der Waals surface area contributed by atoms with Gasteiger partial charge in [-0.3, -0.25) is 9.69 Å². The van der Waals surface area contributed by atoms with Gasteiger partial charge >= 0.3 is 6.18 Å². The molecule has 1 saturated heterocycles. The molecule has 128 valence electrons. The first-order valence-electron chi connectivity index (χ1n) is 7.32. The molecular formula is C15H19F3N2O3. The van der Waals surface area contributed by atoms with Gasteiger partial charge in [-0.05, 0) is 30.7 Å². The van der Waals surface area contributed by atoms with Gasteiger partial charge in [-0.25, -0.2) is 0 Å². The molecule has 0 spiro atoms. The number of hydrogen-bond acceptors (Lipinski definition) is 4. The number of carbonyl (C=O) groups is 1. The minimum atomic E-state index is -4.37. The average molecular weight is 332 g/mol. The molecule has 1 heterocycles. The Morgan fingerprint density at radius 3 is 2.61 bits per heavy atom. The highest BCUT2D eigenvalue weighted by molar-refractivity contribution is 5.78. The lowest BCUT2D eigenvalue weighted by atomic mass is 10.2. The summed E-state index contributed by atoms with van der Waals surface area (Å²) in [6, 6.07) is 4.39. The molecule has 5 nitrogen and oxygen atoms in total. The number of aliphatic hydroxyl groups is 1. The molecule has 0 saturated carbocycles. The van der Waals surface area contributed by atoms with Crippen LogP contribution < -0.4 is 10.1 Å². The number of β-amino-alcohol motifs (C(OH)–C–C–N with tert-alkyl or cyclic N) is 1. The van der Waals surface area contributed by atoms with Crippen molar-refractivity contribution >= 4 is 5.91 Å². The van der Waals surface area contributed by atoms with E-state index in [4.69, 9.17) is 4.74 Å². The van der Waals surface area contributed by atoms with Crippen LogP contribution in [-0.2, 0) is 11.0 Å². The molecule has 1 aliphatic rings. The third kappa shape index (κ3) is 5.72. The topological polar surface area (TPSA) is 61.8 Å². The van der Waals surface area contributed by atoms with E-state index >= 15 is 0 Å². The molecule has 0 aliphatic carbocycles. The molecule has 0 radical (unpaired) electrons. The molecule has 1 fully saturated rings. The second-order valence-electron chi connectivity index (χ2n) is 5.40. The summed E-state index contributed by atoms with van der Waals surface area (Å²) in [4.78, 5) is 13.5. The smallest absolute Gasteiger partial charge is 0.416 e. The summed E-state index contributed by atoms with van der Waals surface area (Å²) in [5.74, 6) is 0.144. The van der Waals surface area contributed by atoms with Gasteiger partial charge in [0, 0.05) is 13.1 Å². The van der Waals surface area contributed by atoms with Crippen LogP contribution in [0.1, 0.15) is 12.0 Å². The van der Waals surface area contributed by atoms with Gasteiger partial charge in [0.15, 0.2) is 0 Å². The summed E-state index contributed by atoms with van der Waals surface area (Å²) in [6.45, 7) is 1.83. The maximum atomic E-state index is 12.4. The number of halogens is 3. The molecule has 23 heavy (non-hydrogen) atoms. The van der Waals surface area contributed by atoms with E-state index in [9.17, 15) is 23.1 Å². The number of likely N-dealkylation sites (tertiary alicyclic amines) is 1. The molecular weight excluding hydrogens is 313 g/mol. The first kappa shape index (κ1) is 17.6. The van der Waals surface area contributed by atoms with Crippen molar-refractivity contribution in [3.8, 4) is 5.75 Å². The fourth-order valence-electron chi connectivity index (χ4n) is 2.31. The van der Waals surface area contributed by atoms with Gasteiger partial charge < -0.3 is 15.2 Å². The SMILES string of the molecule is O=C(CN1CC[C@H](O)C1)NCCOc1ccc(C(F)(F)F)cc1. The molecule has 1 aromatic carbocycles. The van der Waals surface area contributed by atoms with E-state index in [1.807, 2.05) is 4.90 Å². The van der Waals surface area contributed by atoms with Crippen molar-refractivity contribution in [3.05, 3.63) is 29.8 Å². The summed E-state index contributed by atoms with van der Waals surface area (Å²) in [7, 11) is 0. The predicted octanol–water partition coefficient (Wildman–Crippen LogP) is 1.27. The number of nitrogens with one attached hydrogen (secondary N) is 1. The van der Waals surface area contributed by atoms with Crippen molar-refractivity contribution in [1.29, 1.82) is 0 Å². The second-order valence-corrected chi connectivity index (χ2v) is 5.40. The summed E-state index contributed by atoms with van der Waals surface area (Å²) in [5, 5.41) is 12.0. The monoisotopic (exact) mass is 332 g/mol. The Hall–Kier alpha value is -1.80. The lowest BCUT2D eigenvalue weighted by molar-refractivity contribution is -0.137. The van der Waals surface area contributed by atoms with Crippen molar-refractivity contribution in [1.82, 2.24) is 10.2 Å². The van der Waals surface area contributed by atoms with Crippen LogP contribution in [0.25, 0.3) is 0 Å². The van der Waals surface area contributed by atoms with Crippen LogP contribution in [0.3, 0.4) is 0 Å². The molecule has 1 atom stereocenters. The van der Waals surface area contributed by atoms with Crippen molar-refractivity contribution in [2.75, 3.05) is 32.8 Å². The molecule has 0 unspecified atom stereocenters. The molecule has 2 N–H and O–H groups in total. The van der Waals surface area contributed by atoms with Crippen LogP contribution in [0, 0.1) is 0 Å². The van der Waals surface area contributed by atoms with Crippen LogP contribution in [0.15, 0.2) is 24.3 Å². The number of nitrogens with zero attached hydrogens (tertiary/aromatic N) is 1. The Balaban J connectivity index is 1.64. The van der Waals surface area contributed by atoms with E-state index in [0.717, 1.165) is 12.1 Å². The molecule has 1 aliphatic heterocycles. The summed E-state index contributed by atoms with van der Waals surface area (Å²) in [6.07, 6.45) is -4.06. The van der Waals surface area contributed by atoms with Crippen LogP contribution in [0.5, 0.6) is 5.75 Å². The summed E-state index contributed by atoms with van der Waals surface area (Å²) >= 11 is 0. The highest BCUT2D eigenvalue weighted by atomic mass is 19.4. The Kier molecular flexibility index (Phi) is 5.84. The quantitative estimate of drug-likeness (QED) is 0.770. The highest BCUT2D eigenvalue weighted by Gasteiger charge is 2.30. The van der Waals surface area contributed by atoms with Crippen molar-refractivity contribution in [3.63, 3.8) is 0 Å². The average Bonchev–Trinajstić information content (AvgIpc) is 2.88. The van der Waals surface area contributed by atoms with Gasteiger partial charge in [0.05, 0.1) is 24.8 Å². The number of hydrogen-bond donors (Lipinski definition) is 2. The number of rotatable bonds is 6. The third-order valence-electron chi connectivity index (χ3n) is 3.49. The van der Waals surface area contributed by atoms with Gasteiger partial charge in [-0.15, -0.1) is 0 Å². The number of carbonyl (C=O) groups excluding carboxylic acids is 1. The first-order chi connectivity index (χ1) is 10.8. The Morgan fingerprint density at radius 1 is 1.35 bits per heavy atom. The molecule has 0 bridgehead atoms. The Labute approximate surface area is 132 Å². The lowest BCUT2D eigenvalue weighted by Gasteiger charge is -2.14. The second kappa shape index (κ2) is 7.65. The number of amides is 1. The molecule has 1 aromatic rings. The van der Waals surface area contributed by atoms with Crippen molar-refractivity contribution in [2.45, 2.75) is 18.7 Å². The minimum absolute atomic E-state index is 0.166. The number of aliphatic hydroxyl groups excluding tert-OH is 1. The lowest BCUT2D eigenvalue weighted by Crippen LogP contribution is -2.38.